The Morgan fingerprint density at radius 2 is 2.00 bits per heavy atom. The van der Waals surface area contributed by atoms with Crippen LogP contribution in [-0.4, -0.2) is 11.1 Å². The second-order valence-corrected chi connectivity index (χ2v) is 6.39. The van der Waals surface area contributed by atoms with Crippen molar-refractivity contribution in [1.29, 1.82) is 0 Å². The normalized spacial score (nSPS) is 15.2. The predicted octanol–water partition coefficient (Wildman–Crippen LogP) is 5.39. The highest BCUT2D eigenvalue weighted by Gasteiger charge is 2.25. The van der Waals surface area contributed by atoms with Gasteiger partial charge in [0.1, 0.15) is 5.82 Å². The largest absolute Gasteiger partial charge is 0.481 e. The van der Waals surface area contributed by atoms with Crippen molar-refractivity contribution in [3.63, 3.8) is 0 Å². The van der Waals surface area contributed by atoms with Crippen LogP contribution in [0.3, 0.4) is 0 Å². The SMILES string of the molecule is CC1=C(CC(=O)O)c2cc(F)ccc2/C1=C\c1cccc(Br)c1. The summed E-state index contributed by atoms with van der Waals surface area (Å²) in [7, 11) is 0. The van der Waals surface area contributed by atoms with Crippen LogP contribution in [0.2, 0.25) is 0 Å². The number of fused-ring (bicyclic) bond motifs is 1. The Kier molecular flexibility index (Phi) is 4.18. The second kappa shape index (κ2) is 6.13. The summed E-state index contributed by atoms with van der Waals surface area (Å²) in [5, 5.41) is 9.15. The van der Waals surface area contributed by atoms with Crippen LogP contribution in [-0.2, 0) is 4.79 Å². The van der Waals surface area contributed by atoms with E-state index < -0.39 is 5.97 Å². The Morgan fingerprint density at radius 1 is 1.22 bits per heavy atom. The molecule has 1 aliphatic carbocycles. The maximum absolute atomic E-state index is 13.6. The molecule has 0 amide bonds. The minimum atomic E-state index is -0.918. The number of allylic oxidation sites excluding steroid dienone is 2. The maximum Gasteiger partial charge on any atom is 0.307 e. The number of hydrogen-bond donors (Lipinski definition) is 1. The van der Waals surface area contributed by atoms with Gasteiger partial charge in [-0.15, -0.1) is 0 Å². The van der Waals surface area contributed by atoms with Gasteiger partial charge in [0.05, 0.1) is 6.42 Å². The molecule has 0 unspecified atom stereocenters. The minimum absolute atomic E-state index is 0.113. The van der Waals surface area contributed by atoms with Crippen molar-refractivity contribution in [2.45, 2.75) is 13.3 Å². The van der Waals surface area contributed by atoms with Gasteiger partial charge in [0.25, 0.3) is 0 Å². The zero-order chi connectivity index (χ0) is 16.6. The third-order valence-corrected chi connectivity index (χ3v) is 4.43. The molecule has 23 heavy (non-hydrogen) atoms. The summed E-state index contributed by atoms with van der Waals surface area (Å²) < 4.78 is 14.6. The van der Waals surface area contributed by atoms with Gasteiger partial charge in [0.2, 0.25) is 0 Å². The molecule has 4 heteroatoms. The van der Waals surface area contributed by atoms with Gasteiger partial charge in [-0.25, -0.2) is 4.39 Å². The van der Waals surface area contributed by atoms with Crippen molar-refractivity contribution < 1.29 is 14.3 Å². The van der Waals surface area contributed by atoms with Crippen molar-refractivity contribution in [2.24, 2.45) is 0 Å². The van der Waals surface area contributed by atoms with E-state index in [0.29, 0.717) is 11.1 Å². The van der Waals surface area contributed by atoms with Crippen LogP contribution in [0.15, 0.2) is 52.5 Å². The molecular weight excluding hydrogens is 359 g/mol. The smallest absolute Gasteiger partial charge is 0.307 e. The van der Waals surface area contributed by atoms with Crippen molar-refractivity contribution in [3.05, 3.63) is 75.0 Å². The molecule has 116 valence electrons. The van der Waals surface area contributed by atoms with E-state index in [-0.39, 0.29) is 12.2 Å². The molecule has 2 nitrogen and oxygen atoms in total. The number of carboxylic acid groups (broad SMARTS) is 1. The Morgan fingerprint density at radius 3 is 2.70 bits per heavy atom. The lowest BCUT2D eigenvalue weighted by Crippen LogP contribution is -1.97. The van der Waals surface area contributed by atoms with Gasteiger partial charge < -0.3 is 5.11 Å². The average molecular weight is 373 g/mol. The fraction of sp³-hybridized carbons (Fsp3) is 0.105. The van der Waals surface area contributed by atoms with Crippen LogP contribution < -0.4 is 0 Å². The summed E-state index contributed by atoms with van der Waals surface area (Å²) in [5.41, 5.74) is 5.04. The van der Waals surface area contributed by atoms with E-state index in [1.54, 1.807) is 6.07 Å². The summed E-state index contributed by atoms with van der Waals surface area (Å²) >= 11 is 3.44. The molecule has 0 aromatic heterocycles. The van der Waals surface area contributed by atoms with E-state index in [9.17, 15) is 9.18 Å². The highest BCUT2D eigenvalue weighted by Crippen LogP contribution is 2.43. The molecule has 0 radical (unpaired) electrons. The molecule has 2 aromatic rings. The van der Waals surface area contributed by atoms with Crippen LogP contribution in [0.1, 0.15) is 30.0 Å². The predicted molar refractivity (Wildman–Crippen MR) is 93.3 cm³/mol. The number of halogens is 2. The molecule has 0 saturated carbocycles. The van der Waals surface area contributed by atoms with E-state index in [1.807, 2.05) is 37.3 Å². The lowest BCUT2D eigenvalue weighted by Gasteiger charge is -2.05. The number of carboxylic acids is 1. The number of hydrogen-bond acceptors (Lipinski definition) is 1. The van der Waals surface area contributed by atoms with Gasteiger partial charge in [0, 0.05) is 4.47 Å². The van der Waals surface area contributed by atoms with Crippen LogP contribution in [0, 0.1) is 5.82 Å². The zero-order valence-corrected chi connectivity index (χ0v) is 14.0. The van der Waals surface area contributed by atoms with Crippen molar-refractivity contribution in [2.75, 3.05) is 0 Å². The lowest BCUT2D eigenvalue weighted by molar-refractivity contribution is -0.135. The summed E-state index contributed by atoms with van der Waals surface area (Å²) in [6, 6.07) is 12.4. The number of benzene rings is 2. The third-order valence-electron chi connectivity index (χ3n) is 3.94. The van der Waals surface area contributed by atoms with E-state index >= 15 is 0 Å². The van der Waals surface area contributed by atoms with Gasteiger partial charge in [-0.1, -0.05) is 34.1 Å². The first-order valence-corrected chi connectivity index (χ1v) is 7.94. The van der Waals surface area contributed by atoms with Gasteiger partial charge in [-0.3, -0.25) is 4.79 Å². The molecule has 0 heterocycles. The highest BCUT2D eigenvalue weighted by atomic mass is 79.9. The van der Waals surface area contributed by atoms with Gasteiger partial charge >= 0.3 is 5.97 Å². The van der Waals surface area contributed by atoms with Crippen LogP contribution in [0.25, 0.3) is 17.2 Å². The van der Waals surface area contributed by atoms with Gasteiger partial charge in [0.15, 0.2) is 0 Å². The molecule has 0 fully saturated rings. The zero-order valence-electron chi connectivity index (χ0n) is 12.4. The molecule has 0 saturated heterocycles. The average Bonchev–Trinajstić information content (AvgIpc) is 2.72. The molecule has 3 rings (SSSR count). The minimum Gasteiger partial charge on any atom is -0.481 e. The fourth-order valence-electron chi connectivity index (χ4n) is 2.90. The molecule has 0 spiro atoms. The number of rotatable bonds is 3. The molecular formula is C19H14BrFO2. The molecule has 1 aliphatic rings. The highest BCUT2D eigenvalue weighted by molar-refractivity contribution is 9.10. The molecule has 0 aliphatic heterocycles. The Hall–Kier alpha value is -2.20. The van der Waals surface area contributed by atoms with Crippen LogP contribution in [0.5, 0.6) is 0 Å². The van der Waals surface area contributed by atoms with Gasteiger partial charge in [-0.05, 0) is 70.7 Å². The fourth-order valence-corrected chi connectivity index (χ4v) is 3.31. The molecule has 1 N–H and O–H groups in total. The Bertz CT molecular complexity index is 865. The van der Waals surface area contributed by atoms with Crippen LogP contribution in [0.4, 0.5) is 4.39 Å². The van der Waals surface area contributed by atoms with Gasteiger partial charge in [-0.2, -0.15) is 0 Å². The van der Waals surface area contributed by atoms with E-state index in [0.717, 1.165) is 26.7 Å². The first-order valence-electron chi connectivity index (χ1n) is 7.15. The Balaban J connectivity index is 2.17. The van der Waals surface area contributed by atoms with E-state index in [2.05, 4.69) is 15.9 Å². The summed E-state index contributed by atoms with van der Waals surface area (Å²) in [6.07, 6.45) is 1.89. The van der Waals surface area contributed by atoms with Crippen molar-refractivity contribution >= 4 is 39.1 Å². The second-order valence-electron chi connectivity index (χ2n) is 5.48. The van der Waals surface area contributed by atoms with Crippen molar-refractivity contribution in [1.82, 2.24) is 0 Å². The summed E-state index contributed by atoms with van der Waals surface area (Å²) in [6.45, 7) is 1.89. The standard InChI is InChI=1S/C19H14BrFO2/c1-11-16(8-12-3-2-4-13(20)7-12)15-6-5-14(21)9-18(15)17(11)10-19(22)23/h2-9H,10H2,1H3,(H,22,23)/b16-8-. The maximum atomic E-state index is 13.6. The number of carbonyl (C=O) groups is 1. The molecule has 0 atom stereocenters. The Labute approximate surface area is 142 Å². The monoisotopic (exact) mass is 372 g/mol. The molecule has 2 aromatic carbocycles. The quantitative estimate of drug-likeness (QED) is 0.783. The van der Waals surface area contributed by atoms with E-state index in [4.69, 9.17) is 5.11 Å². The first kappa shape index (κ1) is 15.7. The van der Waals surface area contributed by atoms with E-state index in [1.165, 1.54) is 12.1 Å². The van der Waals surface area contributed by atoms with Crippen LogP contribution >= 0.6 is 15.9 Å². The topological polar surface area (TPSA) is 37.3 Å². The third kappa shape index (κ3) is 3.13. The summed E-state index contributed by atoms with van der Waals surface area (Å²) in [4.78, 5) is 11.2. The first-order chi connectivity index (χ1) is 11.0. The summed E-state index contributed by atoms with van der Waals surface area (Å²) in [5.74, 6) is -1.28. The van der Waals surface area contributed by atoms with Crippen molar-refractivity contribution in [3.8, 4) is 0 Å². The molecule has 0 bridgehead atoms. The number of aliphatic carboxylic acids is 1. The lowest BCUT2D eigenvalue weighted by atomic mass is 10.0.